The fourth-order valence-electron chi connectivity index (χ4n) is 3.85. The summed E-state index contributed by atoms with van der Waals surface area (Å²) in [5.74, 6) is -0.303. The molecule has 3 aromatic rings. The van der Waals surface area contributed by atoms with Crippen LogP contribution in [0.15, 0.2) is 83.3 Å². The van der Waals surface area contributed by atoms with Crippen molar-refractivity contribution in [2.45, 2.75) is 6.04 Å². The Labute approximate surface area is 184 Å². The van der Waals surface area contributed by atoms with Gasteiger partial charge in [0, 0.05) is 4.47 Å². The van der Waals surface area contributed by atoms with E-state index in [-0.39, 0.29) is 30.9 Å². The van der Waals surface area contributed by atoms with Crippen LogP contribution in [0, 0.1) is 0 Å². The molecule has 1 N–H and O–H groups in total. The van der Waals surface area contributed by atoms with Gasteiger partial charge in [-0.3, -0.25) is 19.4 Å². The molecule has 0 saturated carbocycles. The molecule has 1 aliphatic heterocycles. The Morgan fingerprint density at radius 3 is 2.47 bits per heavy atom. The van der Waals surface area contributed by atoms with Crippen molar-refractivity contribution < 1.29 is 9.59 Å². The van der Waals surface area contributed by atoms with Gasteiger partial charge in [-0.25, -0.2) is 0 Å². The van der Waals surface area contributed by atoms with E-state index in [9.17, 15) is 9.59 Å². The first-order chi connectivity index (χ1) is 14.5. The van der Waals surface area contributed by atoms with Crippen LogP contribution in [-0.2, 0) is 9.59 Å². The molecule has 6 heteroatoms. The second-order valence-electron chi connectivity index (χ2n) is 7.30. The van der Waals surface area contributed by atoms with E-state index in [4.69, 9.17) is 0 Å². The van der Waals surface area contributed by atoms with Crippen LogP contribution in [0.2, 0.25) is 0 Å². The Morgan fingerprint density at radius 2 is 1.70 bits per heavy atom. The number of rotatable bonds is 5. The quantitative estimate of drug-likeness (QED) is 0.607. The highest BCUT2D eigenvalue weighted by Crippen LogP contribution is 2.33. The average molecular weight is 464 g/mol. The molecule has 1 unspecified atom stereocenters. The molecule has 1 atom stereocenters. The predicted octanol–water partition coefficient (Wildman–Crippen LogP) is 4.46. The zero-order chi connectivity index (χ0) is 21.1. The van der Waals surface area contributed by atoms with E-state index < -0.39 is 0 Å². The topological polar surface area (TPSA) is 52.7 Å². The van der Waals surface area contributed by atoms with Crippen molar-refractivity contribution in [1.29, 1.82) is 0 Å². The molecule has 1 aliphatic rings. The summed E-state index contributed by atoms with van der Waals surface area (Å²) in [5, 5.41) is 2.83. The third-order valence-corrected chi connectivity index (χ3v) is 5.93. The van der Waals surface area contributed by atoms with Crippen molar-refractivity contribution in [2.24, 2.45) is 0 Å². The Bertz CT molecular complexity index is 1070. The third kappa shape index (κ3) is 4.15. The molecular weight excluding hydrogens is 442 g/mol. The van der Waals surface area contributed by atoms with Gasteiger partial charge in [0.15, 0.2) is 0 Å². The first kappa shape index (κ1) is 20.3. The molecule has 0 spiro atoms. The van der Waals surface area contributed by atoms with E-state index >= 15 is 0 Å². The van der Waals surface area contributed by atoms with Crippen LogP contribution < -0.4 is 10.2 Å². The fraction of sp³-hybridized carbons (Fsp3) is 0.167. The van der Waals surface area contributed by atoms with Gasteiger partial charge in [0.05, 0.1) is 24.0 Å². The lowest BCUT2D eigenvalue weighted by Gasteiger charge is -2.33. The molecule has 4 rings (SSSR count). The van der Waals surface area contributed by atoms with Crippen LogP contribution >= 0.6 is 15.9 Å². The number of halogens is 1. The highest BCUT2D eigenvalue weighted by molar-refractivity contribution is 9.10. The number of nitrogens with one attached hydrogen (secondary N) is 1. The molecule has 1 heterocycles. The van der Waals surface area contributed by atoms with E-state index in [1.807, 2.05) is 72.6 Å². The maximum absolute atomic E-state index is 13.3. The zero-order valence-electron chi connectivity index (χ0n) is 16.6. The molecule has 5 nitrogen and oxygen atoms in total. The fourth-order valence-corrected chi connectivity index (χ4v) is 4.35. The highest BCUT2D eigenvalue weighted by atomic mass is 79.9. The summed E-state index contributed by atoms with van der Waals surface area (Å²) in [4.78, 5) is 29.0. The zero-order valence-corrected chi connectivity index (χ0v) is 18.2. The number of amides is 2. The number of fused-ring (bicyclic) bond motifs is 1. The van der Waals surface area contributed by atoms with E-state index in [1.165, 1.54) is 0 Å². The summed E-state index contributed by atoms with van der Waals surface area (Å²) in [7, 11) is 1.94. The van der Waals surface area contributed by atoms with Gasteiger partial charge in [0.25, 0.3) is 0 Å². The first-order valence-corrected chi connectivity index (χ1v) is 10.5. The molecule has 0 radical (unpaired) electrons. The molecule has 152 valence electrons. The Kier molecular flexibility index (Phi) is 5.97. The molecule has 3 aromatic carbocycles. The van der Waals surface area contributed by atoms with Gasteiger partial charge in [0.2, 0.25) is 11.8 Å². The summed E-state index contributed by atoms with van der Waals surface area (Å²) < 4.78 is 0.987. The van der Waals surface area contributed by atoms with Crippen LogP contribution in [0.5, 0.6) is 0 Å². The van der Waals surface area contributed by atoms with Crippen molar-refractivity contribution in [3.05, 3.63) is 94.5 Å². The standard InChI is InChI=1S/C24H22BrN3O2/c1-27(16-23(30)28-15-22(29)26-20-13-7-8-14-21(20)28)24(17-9-3-2-4-10-17)18-11-5-6-12-19(18)25/h2-14,24H,15-16H2,1H3,(H,26,29). The number of carbonyl (C=O) groups is 2. The molecule has 0 fully saturated rings. The van der Waals surface area contributed by atoms with Crippen LogP contribution in [0.4, 0.5) is 11.4 Å². The number of anilines is 2. The number of nitrogens with zero attached hydrogens (tertiary/aromatic N) is 2. The van der Waals surface area contributed by atoms with Gasteiger partial charge in [-0.1, -0.05) is 76.6 Å². The lowest BCUT2D eigenvalue weighted by molar-refractivity contribution is -0.122. The predicted molar refractivity (Wildman–Crippen MR) is 122 cm³/mol. The lowest BCUT2D eigenvalue weighted by Crippen LogP contribution is -2.46. The smallest absolute Gasteiger partial charge is 0.244 e. The summed E-state index contributed by atoms with van der Waals surface area (Å²) in [6, 6.07) is 25.4. The second-order valence-corrected chi connectivity index (χ2v) is 8.15. The van der Waals surface area contributed by atoms with Crippen LogP contribution in [-0.4, -0.2) is 36.9 Å². The third-order valence-electron chi connectivity index (χ3n) is 5.21. The maximum atomic E-state index is 13.3. The molecule has 0 aliphatic carbocycles. The summed E-state index contributed by atoms with van der Waals surface area (Å²) >= 11 is 3.66. The van der Waals surface area contributed by atoms with Gasteiger partial charge < -0.3 is 5.32 Å². The van der Waals surface area contributed by atoms with E-state index in [0.29, 0.717) is 5.69 Å². The first-order valence-electron chi connectivity index (χ1n) is 9.73. The van der Waals surface area contributed by atoms with E-state index in [1.54, 1.807) is 4.90 Å². The Hall–Kier alpha value is -2.96. The number of carbonyl (C=O) groups excluding carboxylic acids is 2. The SMILES string of the molecule is CN(CC(=O)N1CC(=O)Nc2ccccc21)C(c1ccccc1)c1ccccc1Br. The molecule has 0 aromatic heterocycles. The van der Waals surface area contributed by atoms with Gasteiger partial charge in [0.1, 0.15) is 6.54 Å². The number of hydrogen-bond acceptors (Lipinski definition) is 3. The minimum atomic E-state index is -0.185. The number of likely N-dealkylation sites (N-methyl/N-ethyl adjacent to an activating group) is 1. The van der Waals surface area contributed by atoms with Gasteiger partial charge in [-0.15, -0.1) is 0 Å². The maximum Gasteiger partial charge on any atom is 0.244 e. The summed E-state index contributed by atoms with van der Waals surface area (Å²) in [6.45, 7) is 0.192. The molecule has 0 bridgehead atoms. The number of hydrogen-bond donors (Lipinski definition) is 1. The van der Waals surface area contributed by atoms with E-state index in [2.05, 4.69) is 39.4 Å². The average Bonchev–Trinajstić information content (AvgIpc) is 2.75. The largest absolute Gasteiger partial charge is 0.323 e. The number of para-hydroxylation sites is 2. The minimum absolute atomic E-state index is 0.0225. The summed E-state index contributed by atoms with van der Waals surface area (Å²) in [5.41, 5.74) is 3.56. The lowest BCUT2D eigenvalue weighted by atomic mass is 9.97. The second kappa shape index (κ2) is 8.81. The Balaban J connectivity index is 1.63. The molecule has 0 saturated heterocycles. The molecular formula is C24H22BrN3O2. The van der Waals surface area contributed by atoms with E-state index in [0.717, 1.165) is 21.3 Å². The highest BCUT2D eigenvalue weighted by Gasteiger charge is 2.29. The van der Waals surface area contributed by atoms with Gasteiger partial charge in [-0.05, 0) is 36.4 Å². The number of benzene rings is 3. The van der Waals surface area contributed by atoms with Gasteiger partial charge in [-0.2, -0.15) is 0 Å². The molecule has 30 heavy (non-hydrogen) atoms. The van der Waals surface area contributed by atoms with Crippen molar-refractivity contribution in [3.8, 4) is 0 Å². The van der Waals surface area contributed by atoms with Crippen molar-refractivity contribution in [1.82, 2.24) is 4.90 Å². The normalized spacial score (nSPS) is 14.2. The van der Waals surface area contributed by atoms with Crippen LogP contribution in [0.25, 0.3) is 0 Å². The van der Waals surface area contributed by atoms with Crippen LogP contribution in [0.1, 0.15) is 17.2 Å². The van der Waals surface area contributed by atoms with Crippen LogP contribution in [0.3, 0.4) is 0 Å². The summed E-state index contributed by atoms with van der Waals surface area (Å²) in [6.07, 6.45) is 0. The minimum Gasteiger partial charge on any atom is -0.323 e. The monoisotopic (exact) mass is 463 g/mol. The van der Waals surface area contributed by atoms with Crippen molar-refractivity contribution in [3.63, 3.8) is 0 Å². The van der Waals surface area contributed by atoms with Crippen molar-refractivity contribution in [2.75, 3.05) is 30.4 Å². The van der Waals surface area contributed by atoms with Crippen molar-refractivity contribution >= 4 is 39.1 Å². The Morgan fingerprint density at radius 1 is 1.03 bits per heavy atom. The van der Waals surface area contributed by atoms with Gasteiger partial charge >= 0.3 is 0 Å². The molecule has 2 amide bonds.